The van der Waals surface area contributed by atoms with E-state index in [4.69, 9.17) is 4.74 Å². The van der Waals surface area contributed by atoms with Gasteiger partial charge in [-0.3, -0.25) is 4.79 Å². The molecular formula is C26H24N2O5S. The number of carbonyl (C=O) groups is 2. The molecule has 0 N–H and O–H groups in total. The predicted molar refractivity (Wildman–Crippen MR) is 127 cm³/mol. The third-order valence-corrected chi connectivity index (χ3v) is 8.20. The van der Waals surface area contributed by atoms with Crippen LogP contribution in [-0.4, -0.2) is 44.3 Å². The Bertz CT molecular complexity index is 1350. The minimum Gasteiger partial charge on any atom is -0.452 e. The second-order valence-corrected chi connectivity index (χ2v) is 10.3. The van der Waals surface area contributed by atoms with Crippen molar-refractivity contribution in [3.05, 3.63) is 95.1 Å². The molecule has 2 aliphatic rings. The van der Waals surface area contributed by atoms with E-state index in [0.717, 1.165) is 23.2 Å². The van der Waals surface area contributed by atoms with E-state index in [1.165, 1.54) is 34.1 Å². The lowest BCUT2D eigenvalue weighted by molar-refractivity contribution is -0.121. The van der Waals surface area contributed by atoms with Crippen LogP contribution in [0.15, 0.2) is 77.7 Å². The number of rotatable bonds is 5. The molecular weight excluding hydrogens is 452 g/mol. The number of benzene rings is 3. The molecule has 34 heavy (non-hydrogen) atoms. The second-order valence-electron chi connectivity index (χ2n) is 8.38. The van der Waals surface area contributed by atoms with Crippen molar-refractivity contribution in [2.75, 3.05) is 24.6 Å². The van der Waals surface area contributed by atoms with E-state index in [1.54, 1.807) is 4.90 Å². The minimum absolute atomic E-state index is 0.119. The average molecular weight is 477 g/mol. The van der Waals surface area contributed by atoms with Crippen molar-refractivity contribution in [1.82, 2.24) is 4.31 Å². The molecule has 0 aliphatic carbocycles. The van der Waals surface area contributed by atoms with Crippen molar-refractivity contribution < 1.29 is 22.7 Å². The van der Waals surface area contributed by atoms with Gasteiger partial charge >= 0.3 is 5.97 Å². The van der Waals surface area contributed by atoms with Crippen molar-refractivity contribution in [3.63, 3.8) is 0 Å². The monoisotopic (exact) mass is 476 g/mol. The summed E-state index contributed by atoms with van der Waals surface area (Å²) in [6.45, 7) is 0.915. The van der Waals surface area contributed by atoms with E-state index >= 15 is 0 Å². The molecule has 0 bridgehead atoms. The van der Waals surface area contributed by atoms with Crippen molar-refractivity contribution in [1.29, 1.82) is 0 Å². The van der Waals surface area contributed by atoms with Crippen LogP contribution in [0.2, 0.25) is 0 Å². The van der Waals surface area contributed by atoms with E-state index < -0.39 is 16.0 Å². The number of hydrogen-bond acceptors (Lipinski definition) is 5. The molecule has 0 aromatic heterocycles. The standard InChI is InChI=1S/C26H24N2O5S/c29-25(28-16-14-20-6-3-4-8-24(20)28)18-33-26(30)21-9-11-23(12-10-21)34(31,32)27-15-13-19-5-1-2-7-22(19)17-27/h1-12H,13-18H2. The van der Waals surface area contributed by atoms with Crippen molar-refractivity contribution in [3.8, 4) is 0 Å². The fraction of sp³-hybridized carbons (Fsp3) is 0.231. The maximum absolute atomic E-state index is 13.1. The molecule has 3 aromatic carbocycles. The van der Waals surface area contributed by atoms with E-state index in [9.17, 15) is 18.0 Å². The van der Waals surface area contributed by atoms with Crippen molar-refractivity contribution in [2.45, 2.75) is 24.3 Å². The van der Waals surface area contributed by atoms with E-state index in [0.29, 0.717) is 26.1 Å². The number of anilines is 1. The van der Waals surface area contributed by atoms with Gasteiger partial charge in [-0.25, -0.2) is 13.2 Å². The highest BCUT2D eigenvalue weighted by Gasteiger charge is 2.29. The number of ether oxygens (including phenoxy) is 1. The van der Waals surface area contributed by atoms with Gasteiger partial charge in [0.05, 0.1) is 10.5 Å². The smallest absolute Gasteiger partial charge is 0.338 e. The molecule has 3 aromatic rings. The molecule has 0 saturated carbocycles. The molecule has 174 valence electrons. The Kier molecular flexibility index (Phi) is 5.93. The number of nitrogens with zero attached hydrogens (tertiary/aromatic N) is 2. The lowest BCUT2D eigenvalue weighted by Gasteiger charge is -2.28. The number of amides is 1. The summed E-state index contributed by atoms with van der Waals surface area (Å²) in [6, 6.07) is 21.1. The first kappa shape index (κ1) is 22.3. The summed E-state index contributed by atoms with van der Waals surface area (Å²) in [5.41, 5.74) is 4.30. The number of esters is 1. The van der Waals surface area contributed by atoms with Crippen LogP contribution in [0.5, 0.6) is 0 Å². The van der Waals surface area contributed by atoms with Crippen LogP contribution in [0.25, 0.3) is 0 Å². The topological polar surface area (TPSA) is 84.0 Å². The number of hydrogen-bond donors (Lipinski definition) is 0. The highest BCUT2D eigenvalue weighted by molar-refractivity contribution is 7.89. The van der Waals surface area contributed by atoms with Crippen LogP contribution >= 0.6 is 0 Å². The first-order valence-electron chi connectivity index (χ1n) is 11.2. The Balaban J connectivity index is 1.22. The zero-order valence-corrected chi connectivity index (χ0v) is 19.3. The van der Waals surface area contributed by atoms with Crippen LogP contribution in [0, 0.1) is 0 Å². The van der Waals surface area contributed by atoms with Gasteiger partial charge in [-0.15, -0.1) is 0 Å². The van der Waals surface area contributed by atoms with E-state index in [2.05, 4.69) is 0 Å². The predicted octanol–water partition coefficient (Wildman–Crippen LogP) is 3.18. The van der Waals surface area contributed by atoms with Crippen molar-refractivity contribution >= 4 is 27.6 Å². The normalized spacial score (nSPS) is 15.5. The van der Waals surface area contributed by atoms with Gasteiger partial charge in [0.25, 0.3) is 5.91 Å². The van der Waals surface area contributed by atoms with Crippen LogP contribution in [0.1, 0.15) is 27.0 Å². The van der Waals surface area contributed by atoms with Gasteiger partial charge in [0.1, 0.15) is 0 Å². The van der Waals surface area contributed by atoms with Crippen LogP contribution in [0.3, 0.4) is 0 Å². The first-order chi connectivity index (χ1) is 16.4. The number of sulfonamides is 1. The molecule has 0 atom stereocenters. The summed E-state index contributed by atoms with van der Waals surface area (Å²) in [4.78, 5) is 26.8. The maximum Gasteiger partial charge on any atom is 0.338 e. The summed E-state index contributed by atoms with van der Waals surface area (Å²) in [5.74, 6) is -0.959. The van der Waals surface area contributed by atoms with Crippen LogP contribution in [0.4, 0.5) is 5.69 Å². The third kappa shape index (κ3) is 4.22. The van der Waals surface area contributed by atoms with E-state index in [1.807, 2.05) is 48.5 Å². The SMILES string of the molecule is O=C(OCC(=O)N1CCc2ccccc21)c1ccc(S(=O)(=O)N2CCc3ccccc3C2)cc1. The third-order valence-electron chi connectivity index (χ3n) is 6.34. The minimum atomic E-state index is -3.69. The molecule has 0 unspecified atom stereocenters. The molecule has 2 heterocycles. The van der Waals surface area contributed by atoms with Gasteiger partial charge in [0.15, 0.2) is 6.61 Å². The zero-order chi connectivity index (χ0) is 23.7. The Morgan fingerprint density at radius 1 is 0.794 bits per heavy atom. The Labute approximate surface area is 198 Å². The zero-order valence-electron chi connectivity index (χ0n) is 18.5. The molecule has 0 spiro atoms. The summed E-state index contributed by atoms with van der Waals surface area (Å²) in [6.07, 6.45) is 1.43. The summed E-state index contributed by atoms with van der Waals surface area (Å²) in [5, 5.41) is 0. The largest absolute Gasteiger partial charge is 0.452 e. The maximum atomic E-state index is 13.1. The van der Waals surface area contributed by atoms with Crippen LogP contribution in [-0.2, 0) is 38.9 Å². The van der Waals surface area contributed by atoms with Gasteiger partial charge in [0.2, 0.25) is 10.0 Å². The first-order valence-corrected chi connectivity index (χ1v) is 12.6. The highest BCUT2D eigenvalue weighted by Crippen LogP contribution is 2.28. The molecule has 1 amide bonds. The van der Waals surface area contributed by atoms with Gasteiger partial charge in [-0.1, -0.05) is 42.5 Å². The van der Waals surface area contributed by atoms with E-state index in [-0.39, 0.29) is 23.0 Å². The molecule has 0 radical (unpaired) electrons. The average Bonchev–Trinajstić information content (AvgIpc) is 3.31. The fourth-order valence-corrected chi connectivity index (χ4v) is 5.89. The second kappa shape index (κ2) is 9.04. The molecule has 8 heteroatoms. The fourth-order valence-electron chi connectivity index (χ4n) is 4.47. The van der Waals surface area contributed by atoms with Gasteiger partial charge < -0.3 is 9.64 Å². The molecule has 5 rings (SSSR count). The Hall–Kier alpha value is -3.49. The van der Waals surface area contributed by atoms with Gasteiger partial charge in [-0.05, 0) is 59.9 Å². The van der Waals surface area contributed by atoms with Gasteiger partial charge in [0, 0.05) is 25.3 Å². The van der Waals surface area contributed by atoms with Crippen LogP contribution < -0.4 is 4.90 Å². The Morgan fingerprint density at radius 2 is 1.44 bits per heavy atom. The van der Waals surface area contributed by atoms with Crippen molar-refractivity contribution in [2.24, 2.45) is 0 Å². The Morgan fingerprint density at radius 3 is 2.21 bits per heavy atom. The summed E-state index contributed by atoms with van der Waals surface area (Å²) < 4.78 is 32.9. The molecule has 7 nitrogen and oxygen atoms in total. The van der Waals surface area contributed by atoms with Gasteiger partial charge in [-0.2, -0.15) is 4.31 Å². The number of para-hydroxylation sites is 1. The summed E-state index contributed by atoms with van der Waals surface area (Å²) >= 11 is 0. The molecule has 0 saturated heterocycles. The number of fused-ring (bicyclic) bond motifs is 2. The highest BCUT2D eigenvalue weighted by atomic mass is 32.2. The molecule has 0 fully saturated rings. The summed E-state index contributed by atoms with van der Waals surface area (Å²) in [7, 11) is -3.69. The lowest BCUT2D eigenvalue weighted by Crippen LogP contribution is -2.35. The quantitative estimate of drug-likeness (QED) is 0.528. The molecule has 2 aliphatic heterocycles. The lowest BCUT2D eigenvalue weighted by atomic mass is 10.0. The number of carbonyl (C=O) groups excluding carboxylic acids is 2.